The number of benzene rings is 1. The van der Waals surface area contributed by atoms with Crippen molar-refractivity contribution in [1.29, 1.82) is 0 Å². The highest BCUT2D eigenvalue weighted by molar-refractivity contribution is 6.30. The van der Waals surface area contributed by atoms with Crippen molar-refractivity contribution in [3.8, 4) is 11.1 Å². The summed E-state index contributed by atoms with van der Waals surface area (Å²) in [6.45, 7) is 1.75. The Morgan fingerprint density at radius 1 is 1.24 bits per heavy atom. The molecule has 1 aromatic carbocycles. The van der Waals surface area contributed by atoms with Crippen molar-refractivity contribution >= 4 is 17.6 Å². The summed E-state index contributed by atoms with van der Waals surface area (Å²) in [5, 5.41) is 9.65. The van der Waals surface area contributed by atoms with Crippen LogP contribution in [0.25, 0.3) is 11.1 Å². The number of aromatic nitrogens is 1. The summed E-state index contributed by atoms with van der Waals surface area (Å²) in [5.41, 5.74) is 2.52. The first-order valence-electron chi connectivity index (χ1n) is 5.04. The van der Waals surface area contributed by atoms with Crippen LogP contribution in [0.15, 0.2) is 36.5 Å². The molecule has 0 spiro atoms. The zero-order valence-electron chi connectivity index (χ0n) is 9.14. The molecular formula is C13H10ClNO2. The highest BCUT2D eigenvalue weighted by Gasteiger charge is 2.12. The van der Waals surface area contributed by atoms with E-state index in [1.165, 1.54) is 6.20 Å². The van der Waals surface area contributed by atoms with Gasteiger partial charge in [0.15, 0.2) is 5.69 Å². The highest BCUT2D eigenvalue weighted by atomic mass is 35.5. The van der Waals surface area contributed by atoms with E-state index in [1.807, 2.05) is 12.1 Å². The topological polar surface area (TPSA) is 50.2 Å². The predicted molar refractivity (Wildman–Crippen MR) is 66.4 cm³/mol. The Labute approximate surface area is 104 Å². The maximum atomic E-state index is 11.0. The van der Waals surface area contributed by atoms with Crippen molar-refractivity contribution in [2.45, 2.75) is 6.92 Å². The van der Waals surface area contributed by atoms with Crippen LogP contribution in [-0.4, -0.2) is 16.1 Å². The molecule has 0 aliphatic heterocycles. The van der Waals surface area contributed by atoms with Crippen LogP contribution < -0.4 is 0 Å². The number of hydrogen-bond donors (Lipinski definition) is 1. The molecule has 0 fully saturated rings. The summed E-state index contributed by atoms with van der Waals surface area (Å²) in [6.07, 6.45) is 1.50. The van der Waals surface area contributed by atoms with Crippen molar-refractivity contribution < 1.29 is 9.90 Å². The molecule has 3 nitrogen and oxygen atoms in total. The normalized spacial score (nSPS) is 10.2. The fourth-order valence-corrected chi connectivity index (χ4v) is 1.82. The number of halogens is 1. The Hall–Kier alpha value is -1.87. The summed E-state index contributed by atoms with van der Waals surface area (Å²) in [5.74, 6) is -1.02. The molecule has 2 aromatic rings. The van der Waals surface area contributed by atoms with E-state index in [0.29, 0.717) is 10.6 Å². The number of rotatable bonds is 2. The van der Waals surface area contributed by atoms with Gasteiger partial charge in [0, 0.05) is 11.2 Å². The van der Waals surface area contributed by atoms with E-state index < -0.39 is 5.97 Å². The first kappa shape index (κ1) is 11.6. The Kier molecular flexibility index (Phi) is 3.11. The van der Waals surface area contributed by atoms with Crippen molar-refractivity contribution in [2.75, 3.05) is 0 Å². The lowest BCUT2D eigenvalue weighted by molar-refractivity contribution is 0.0689. The average molecular weight is 248 g/mol. The molecule has 0 saturated heterocycles. The molecule has 1 aromatic heterocycles. The molecule has 0 aliphatic carbocycles. The molecule has 0 atom stereocenters. The van der Waals surface area contributed by atoms with Crippen molar-refractivity contribution in [2.24, 2.45) is 0 Å². The maximum absolute atomic E-state index is 11.0. The first-order chi connectivity index (χ1) is 8.09. The Morgan fingerprint density at radius 3 is 2.47 bits per heavy atom. The predicted octanol–water partition coefficient (Wildman–Crippen LogP) is 3.41. The summed E-state index contributed by atoms with van der Waals surface area (Å²) < 4.78 is 0. The smallest absolute Gasteiger partial charge is 0.354 e. The van der Waals surface area contributed by atoms with Gasteiger partial charge in [0.1, 0.15) is 0 Å². The summed E-state index contributed by atoms with van der Waals surface area (Å²) >= 11 is 5.81. The summed E-state index contributed by atoms with van der Waals surface area (Å²) in [6, 6.07) is 9.06. The van der Waals surface area contributed by atoms with Crippen molar-refractivity contribution in [3.05, 3.63) is 52.8 Å². The molecule has 2 rings (SSSR count). The molecular weight excluding hydrogens is 238 g/mol. The third-order valence-corrected chi connectivity index (χ3v) is 2.81. The summed E-state index contributed by atoms with van der Waals surface area (Å²) in [7, 11) is 0. The number of aromatic carboxylic acids is 1. The van der Waals surface area contributed by atoms with Crippen LogP contribution in [0, 0.1) is 6.92 Å². The molecule has 0 unspecified atom stereocenters. The minimum atomic E-state index is -1.02. The minimum Gasteiger partial charge on any atom is -0.477 e. The second-order valence-electron chi connectivity index (χ2n) is 3.64. The van der Waals surface area contributed by atoms with Gasteiger partial charge >= 0.3 is 5.97 Å². The Bertz CT molecular complexity index is 564. The number of carboxylic acids is 1. The number of carbonyl (C=O) groups is 1. The van der Waals surface area contributed by atoms with Crippen LogP contribution >= 0.6 is 11.6 Å². The Morgan fingerprint density at radius 2 is 1.88 bits per heavy atom. The number of nitrogens with zero attached hydrogens (tertiary/aromatic N) is 1. The SMILES string of the molecule is Cc1c(-c2ccc(Cl)cc2)ccnc1C(=O)O. The molecule has 0 bridgehead atoms. The Balaban J connectivity index is 2.56. The van der Waals surface area contributed by atoms with Crippen molar-refractivity contribution in [1.82, 2.24) is 4.98 Å². The van der Waals surface area contributed by atoms with Crippen LogP contribution in [0.1, 0.15) is 16.1 Å². The lowest BCUT2D eigenvalue weighted by atomic mass is 10.0. The number of hydrogen-bond acceptors (Lipinski definition) is 2. The number of carboxylic acid groups (broad SMARTS) is 1. The molecule has 17 heavy (non-hydrogen) atoms. The average Bonchev–Trinajstić information content (AvgIpc) is 2.30. The molecule has 1 heterocycles. The largest absolute Gasteiger partial charge is 0.477 e. The van der Waals surface area contributed by atoms with Crippen LogP contribution in [0.3, 0.4) is 0 Å². The third kappa shape index (κ3) is 2.29. The van der Waals surface area contributed by atoms with E-state index >= 15 is 0 Å². The fraction of sp³-hybridized carbons (Fsp3) is 0.0769. The number of pyridine rings is 1. The zero-order chi connectivity index (χ0) is 12.4. The van der Waals surface area contributed by atoms with E-state index in [2.05, 4.69) is 4.98 Å². The van der Waals surface area contributed by atoms with Crippen molar-refractivity contribution in [3.63, 3.8) is 0 Å². The van der Waals surface area contributed by atoms with Crippen LogP contribution in [0.4, 0.5) is 0 Å². The lowest BCUT2D eigenvalue weighted by Gasteiger charge is -2.07. The second kappa shape index (κ2) is 4.55. The maximum Gasteiger partial charge on any atom is 0.354 e. The molecule has 4 heteroatoms. The van der Waals surface area contributed by atoms with Gasteiger partial charge in [-0.1, -0.05) is 23.7 Å². The second-order valence-corrected chi connectivity index (χ2v) is 4.08. The van der Waals surface area contributed by atoms with Gasteiger partial charge in [0.2, 0.25) is 0 Å². The first-order valence-corrected chi connectivity index (χ1v) is 5.42. The van der Waals surface area contributed by atoms with Gasteiger partial charge in [0.05, 0.1) is 0 Å². The molecule has 1 N–H and O–H groups in total. The van der Waals surface area contributed by atoms with Crippen LogP contribution in [-0.2, 0) is 0 Å². The minimum absolute atomic E-state index is 0.0810. The van der Waals surface area contributed by atoms with E-state index in [4.69, 9.17) is 16.7 Å². The molecule has 0 amide bonds. The van der Waals surface area contributed by atoms with E-state index in [0.717, 1.165) is 11.1 Å². The van der Waals surface area contributed by atoms with Crippen LogP contribution in [0.5, 0.6) is 0 Å². The van der Waals surface area contributed by atoms with Gasteiger partial charge in [0.25, 0.3) is 0 Å². The van der Waals surface area contributed by atoms with E-state index in [-0.39, 0.29) is 5.69 Å². The fourth-order valence-electron chi connectivity index (χ4n) is 1.69. The highest BCUT2D eigenvalue weighted by Crippen LogP contribution is 2.25. The third-order valence-electron chi connectivity index (χ3n) is 2.56. The van der Waals surface area contributed by atoms with Gasteiger partial charge in [-0.3, -0.25) is 0 Å². The molecule has 0 radical (unpaired) electrons. The van der Waals surface area contributed by atoms with Gasteiger partial charge < -0.3 is 5.11 Å². The van der Waals surface area contributed by atoms with Gasteiger partial charge in [-0.2, -0.15) is 0 Å². The van der Waals surface area contributed by atoms with E-state index in [9.17, 15) is 4.79 Å². The molecule has 86 valence electrons. The molecule has 0 saturated carbocycles. The van der Waals surface area contributed by atoms with Crippen LogP contribution in [0.2, 0.25) is 5.02 Å². The monoisotopic (exact) mass is 247 g/mol. The standard InChI is InChI=1S/C13H10ClNO2/c1-8-11(6-7-15-12(8)13(16)17)9-2-4-10(14)5-3-9/h2-7H,1H3,(H,16,17). The zero-order valence-corrected chi connectivity index (χ0v) is 9.90. The molecule has 0 aliphatic rings. The summed E-state index contributed by atoms with van der Waals surface area (Å²) in [4.78, 5) is 14.8. The quantitative estimate of drug-likeness (QED) is 0.885. The van der Waals surface area contributed by atoms with Gasteiger partial charge in [-0.25, -0.2) is 9.78 Å². The van der Waals surface area contributed by atoms with Gasteiger partial charge in [-0.05, 0) is 41.8 Å². The van der Waals surface area contributed by atoms with Gasteiger partial charge in [-0.15, -0.1) is 0 Å². The van der Waals surface area contributed by atoms with E-state index in [1.54, 1.807) is 25.1 Å². The lowest BCUT2D eigenvalue weighted by Crippen LogP contribution is -2.04.